The molecule has 6 heteroatoms. The molecule has 0 bridgehead atoms. The maximum absolute atomic E-state index is 11.8. The van der Waals surface area contributed by atoms with Crippen LogP contribution < -0.4 is 10.5 Å². The third-order valence-corrected chi connectivity index (χ3v) is 4.06. The predicted molar refractivity (Wildman–Crippen MR) is 83.8 cm³/mol. The zero-order chi connectivity index (χ0) is 15.1. The van der Waals surface area contributed by atoms with Crippen molar-refractivity contribution in [3.8, 4) is 0 Å². The van der Waals surface area contributed by atoms with Crippen LogP contribution in [0.15, 0.2) is 41.5 Å². The topological polar surface area (TPSA) is 63.9 Å². The van der Waals surface area contributed by atoms with E-state index in [1.54, 1.807) is 19.4 Å². The first-order valence-electron chi connectivity index (χ1n) is 7.23. The second kappa shape index (κ2) is 4.91. The second-order valence-corrected chi connectivity index (χ2v) is 5.46. The fourth-order valence-electron chi connectivity index (χ4n) is 2.92. The lowest BCUT2D eigenvalue weighted by atomic mass is 10.1. The molecule has 22 heavy (non-hydrogen) atoms. The van der Waals surface area contributed by atoms with Crippen LogP contribution in [0.2, 0.25) is 0 Å². The quantitative estimate of drug-likeness (QED) is 0.676. The Kier molecular flexibility index (Phi) is 2.89. The van der Waals surface area contributed by atoms with Gasteiger partial charge in [0.1, 0.15) is 12.1 Å². The lowest BCUT2D eigenvalue weighted by Gasteiger charge is -2.29. The van der Waals surface area contributed by atoms with E-state index in [4.69, 9.17) is 0 Å². The zero-order valence-electron chi connectivity index (χ0n) is 12.2. The highest BCUT2D eigenvalue weighted by Crippen LogP contribution is 2.26. The minimum Gasteiger partial charge on any atom is -0.351 e. The maximum atomic E-state index is 11.8. The molecule has 3 aromatic rings. The van der Waals surface area contributed by atoms with E-state index in [1.807, 2.05) is 24.3 Å². The number of para-hydroxylation sites is 1. The number of hydrogen-bond donors (Lipinski definition) is 0. The molecule has 0 saturated carbocycles. The number of benzene rings is 1. The van der Waals surface area contributed by atoms with Crippen molar-refractivity contribution in [1.82, 2.24) is 19.7 Å². The summed E-state index contributed by atoms with van der Waals surface area (Å²) in [5, 5.41) is 5.38. The molecule has 4 rings (SSSR count). The summed E-state index contributed by atoms with van der Waals surface area (Å²) in [5.41, 5.74) is 2.84. The van der Waals surface area contributed by atoms with E-state index in [-0.39, 0.29) is 5.56 Å². The third-order valence-electron chi connectivity index (χ3n) is 4.06. The van der Waals surface area contributed by atoms with Gasteiger partial charge >= 0.3 is 0 Å². The average Bonchev–Trinajstić information content (AvgIpc) is 2.55. The Morgan fingerprint density at radius 3 is 2.95 bits per heavy atom. The van der Waals surface area contributed by atoms with Gasteiger partial charge in [0.2, 0.25) is 0 Å². The highest BCUT2D eigenvalue weighted by atomic mass is 16.1. The van der Waals surface area contributed by atoms with E-state index in [0.717, 1.165) is 40.9 Å². The fraction of sp³-hybridized carbons (Fsp3) is 0.250. The van der Waals surface area contributed by atoms with Gasteiger partial charge in [-0.1, -0.05) is 12.1 Å². The van der Waals surface area contributed by atoms with Gasteiger partial charge in [-0.2, -0.15) is 5.10 Å². The minimum atomic E-state index is -0.0758. The van der Waals surface area contributed by atoms with Crippen molar-refractivity contribution in [3.05, 3.63) is 58.3 Å². The molecule has 1 aromatic carbocycles. The second-order valence-electron chi connectivity index (χ2n) is 5.46. The standard InChI is InChI=1S/C16H15N5O/c1-20-15(22)8-11-9-21(7-6-13(11)19-20)16-12-4-2-3-5-14(12)17-10-18-16/h2-5,8,10H,6-7,9H2,1H3. The van der Waals surface area contributed by atoms with E-state index in [1.165, 1.54) is 4.68 Å². The van der Waals surface area contributed by atoms with Gasteiger partial charge in [0.25, 0.3) is 5.56 Å². The van der Waals surface area contributed by atoms with Crippen molar-refractivity contribution in [3.63, 3.8) is 0 Å². The molecule has 0 fully saturated rings. The number of nitrogens with zero attached hydrogens (tertiary/aromatic N) is 5. The molecular weight excluding hydrogens is 278 g/mol. The third kappa shape index (κ3) is 2.04. The van der Waals surface area contributed by atoms with Crippen LogP contribution in [-0.2, 0) is 20.0 Å². The molecule has 0 saturated heterocycles. The van der Waals surface area contributed by atoms with E-state index < -0.39 is 0 Å². The summed E-state index contributed by atoms with van der Waals surface area (Å²) >= 11 is 0. The molecule has 0 radical (unpaired) electrons. The zero-order valence-corrected chi connectivity index (χ0v) is 12.2. The van der Waals surface area contributed by atoms with E-state index in [9.17, 15) is 4.79 Å². The van der Waals surface area contributed by atoms with Gasteiger partial charge < -0.3 is 4.90 Å². The molecule has 2 aromatic heterocycles. The molecule has 0 aliphatic carbocycles. The van der Waals surface area contributed by atoms with Crippen LogP contribution in [0.25, 0.3) is 10.9 Å². The Labute approximate surface area is 127 Å². The molecule has 0 N–H and O–H groups in total. The van der Waals surface area contributed by atoms with Gasteiger partial charge in [-0.3, -0.25) is 4.79 Å². The summed E-state index contributed by atoms with van der Waals surface area (Å²) in [4.78, 5) is 22.7. The Balaban J connectivity index is 1.78. The lowest BCUT2D eigenvalue weighted by Crippen LogP contribution is -2.34. The summed E-state index contributed by atoms with van der Waals surface area (Å²) < 4.78 is 1.40. The van der Waals surface area contributed by atoms with Crippen molar-refractivity contribution in [2.24, 2.45) is 7.05 Å². The average molecular weight is 293 g/mol. The predicted octanol–water partition coefficient (Wildman–Crippen LogP) is 1.29. The van der Waals surface area contributed by atoms with Gasteiger partial charge in [-0.15, -0.1) is 0 Å². The molecule has 0 unspecified atom stereocenters. The Morgan fingerprint density at radius 1 is 1.18 bits per heavy atom. The monoisotopic (exact) mass is 293 g/mol. The van der Waals surface area contributed by atoms with Crippen LogP contribution in [0.4, 0.5) is 5.82 Å². The first-order valence-corrected chi connectivity index (χ1v) is 7.23. The van der Waals surface area contributed by atoms with Gasteiger partial charge in [-0.05, 0) is 12.1 Å². The molecule has 1 aliphatic rings. The van der Waals surface area contributed by atoms with Crippen molar-refractivity contribution < 1.29 is 0 Å². The smallest absolute Gasteiger partial charge is 0.266 e. The first kappa shape index (κ1) is 12.9. The van der Waals surface area contributed by atoms with Gasteiger partial charge in [0, 0.05) is 43.6 Å². The Bertz CT molecular complexity index is 913. The molecule has 0 spiro atoms. The lowest BCUT2D eigenvalue weighted by molar-refractivity contribution is 0.623. The highest BCUT2D eigenvalue weighted by molar-refractivity contribution is 5.89. The van der Waals surface area contributed by atoms with Crippen molar-refractivity contribution in [2.75, 3.05) is 11.4 Å². The van der Waals surface area contributed by atoms with Crippen LogP contribution in [0, 0.1) is 0 Å². The number of aryl methyl sites for hydroxylation is 1. The fourth-order valence-corrected chi connectivity index (χ4v) is 2.92. The summed E-state index contributed by atoms with van der Waals surface area (Å²) in [5.74, 6) is 0.914. The summed E-state index contributed by atoms with van der Waals surface area (Å²) in [6, 6.07) is 9.65. The molecule has 1 aliphatic heterocycles. The molecule has 110 valence electrons. The van der Waals surface area contributed by atoms with Gasteiger partial charge in [0.15, 0.2) is 0 Å². The molecular formula is C16H15N5O. The molecule has 3 heterocycles. The van der Waals surface area contributed by atoms with E-state index in [0.29, 0.717) is 6.54 Å². The van der Waals surface area contributed by atoms with Crippen LogP contribution in [-0.4, -0.2) is 26.3 Å². The van der Waals surface area contributed by atoms with Crippen molar-refractivity contribution in [2.45, 2.75) is 13.0 Å². The number of hydrogen-bond acceptors (Lipinski definition) is 5. The summed E-state index contributed by atoms with van der Waals surface area (Å²) in [6.45, 7) is 1.48. The first-order chi connectivity index (χ1) is 10.7. The number of aromatic nitrogens is 4. The Hall–Kier alpha value is -2.76. The largest absolute Gasteiger partial charge is 0.351 e. The normalized spacial score (nSPS) is 14.1. The van der Waals surface area contributed by atoms with Crippen molar-refractivity contribution in [1.29, 1.82) is 0 Å². The number of anilines is 1. The maximum Gasteiger partial charge on any atom is 0.266 e. The van der Waals surface area contributed by atoms with Gasteiger partial charge in [-0.25, -0.2) is 14.6 Å². The highest BCUT2D eigenvalue weighted by Gasteiger charge is 2.21. The molecule has 0 amide bonds. The van der Waals surface area contributed by atoms with Crippen LogP contribution in [0.3, 0.4) is 0 Å². The van der Waals surface area contributed by atoms with E-state index >= 15 is 0 Å². The minimum absolute atomic E-state index is 0.0758. The van der Waals surface area contributed by atoms with E-state index in [2.05, 4.69) is 20.0 Å². The number of rotatable bonds is 1. The summed E-state index contributed by atoms with van der Waals surface area (Å²) in [7, 11) is 1.69. The van der Waals surface area contributed by atoms with Crippen LogP contribution in [0.1, 0.15) is 11.3 Å². The summed E-state index contributed by atoms with van der Waals surface area (Å²) in [6.07, 6.45) is 2.40. The van der Waals surface area contributed by atoms with Crippen LogP contribution in [0.5, 0.6) is 0 Å². The Morgan fingerprint density at radius 2 is 2.05 bits per heavy atom. The van der Waals surface area contributed by atoms with Crippen LogP contribution >= 0.6 is 0 Å². The number of fused-ring (bicyclic) bond motifs is 2. The molecule has 0 atom stereocenters. The molecule has 6 nitrogen and oxygen atoms in total. The SMILES string of the molecule is Cn1nc2c(cc1=O)CN(c1ncnc3ccccc13)CC2. The van der Waals surface area contributed by atoms with Crippen molar-refractivity contribution >= 4 is 16.7 Å². The van der Waals surface area contributed by atoms with Gasteiger partial charge in [0.05, 0.1) is 11.2 Å².